The quantitative estimate of drug-likeness (QED) is 0.606. The Labute approximate surface area is 133 Å². The summed E-state index contributed by atoms with van der Waals surface area (Å²) in [4.78, 5) is 38.4. The summed E-state index contributed by atoms with van der Waals surface area (Å²) in [6, 6.07) is 5.76. The molecule has 7 heteroatoms. The summed E-state index contributed by atoms with van der Waals surface area (Å²) in [7, 11) is 0. The van der Waals surface area contributed by atoms with Gasteiger partial charge in [-0.15, -0.1) is 6.58 Å². The molecule has 2 rings (SSSR count). The van der Waals surface area contributed by atoms with Crippen LogP contribution in [-0.4, -0.2) is 53.7 Å². The highest BCUT2D eigenvalue weighted by molar-refractivity contribution is 6.35. The van der Waals surface area contributed by atoms with Crippen LogP contribution in [0.15, 0.2) is 36.9 Å². The molecule has 6 nitrogen and oxygen atoms in total. The number of nitrogens with one attached hydrogen (secondary N) is 1. The van der Waals surface area contributed by atoms with E-state index in [4.69, 9.17) is 0 Å². The number of nitrogens with zero attached hydrogens (tertiary/aromatic N) is 2. The molecule has 0 aliphatic carbocycles. The smallest absolute Gasteiger partial charge is 0.312 e. The largest absolute Gasteiger partial charge is 0.351 e. The van der Waals surface area contributed by atoms with Gasteiger partial charge < -0.3 is 15.1 Å². The number of piperazine rings is 1. The van der Waals surface area contributed by atoms with Crippen molar-refractivity contribution in [1.29, 1.82) is 0 Å². The summed E-state index contributed by atoms with van der Waals surface area (Å²) in [6.45, 7) is 4.50. The first kappa shape index (κ1) is 16.7. The molecule has 3 amide bonds. The van der Waals surface area contributed by atoms with Gasteiger partial charge in [0.2, 0.25) is 5.91 Å². The minimum Gasteiger partial charge on any atom is -0.351 e. The summed E-state index contributed by atoms with van der Waals surface area (Å²) < 4.78 is 12.9. The molecule has 1 aliphatic rings. The Kier molecular flexibility index (Phi) is 5.46. The molecule has 0 bridgehead atoms. The van der Waals surface area contributed by atoms with E-state index >= 15 is 0 Å². The lowest BCUT2D eigenvalue weighted by Gasteiger charge is -2.33. The van der Waals surface area contributed by atoms with Crippen molar-refractivity contribution in [2.45, 2.75) is 6.54 Å². The van der Waals surface area contributed by atoms with Crippen LogP contribution < -0.4 is 5.32 Å². The van der Waals surface area contributed by atoms with Gasteiger partial charge in [0.15, 0.2) is 0 Å². The van der Waals surface area contributed by atoms with Gasteiger partial charge in [-0.2, -0.15) is 0 Å². The van der Waals surface area contributed by atoms with E-state index < -0.39 is 11.8 Å². The summed E-state index contributed by atoms with van der Waals surface area (Å²) in [6.07, 6.45) is 1.53. The topological polar surface area (TPSA) is 69.7 Å². The van der Waals surface area contributed by atoms with Crippen LogP contribution in [0.25, 0.3) is 0 Å². The zero-order valence-electron chi connectivity index (χ0n) is 12.6. The molecule has 0 atom stereocenters. The van der Waals surface area contributed by atoms with Crippen LogP contribution in [0, 0.1) is 5.82 Å². The van der Waals surface area contributed by atoms with E-state index in [2.05, 4.69) is 11.9 Å². The monoisotopic (exact) mass is 319 g/mol. The molecule has 0 saturated carbocycles. The molecule has 1 aliphatic heterocycles. The fourth-order valence-electron chi connectivity index (χ4n) is 2.24. The molecule has 1 aromatic carbocycles. The highest BCUT2D eigenvalue weighted by Crippen LogP contribution is 2.11. The Hall–Kier alpha value is -2.70. The molecule has 122 valence electrons. The highest BCUT2D eigenvalue weighted by Gasteiger charge is 2.33. The number of hydrogen-bond donors (Lipinski definition) is 1. The average Bonchev–Trinajstić information content (AvgIpc) is 2.54. The standard InChI is InChI=1S/C16H18FN3O3/c1-2-7-18-14(21)11-20-9-8-19(15(22)16(20)23)10-12-3-5-13(17)6-4-12/h2-6H,1,7-11H2,(H,18,21). The zero-order valence-corrected chi connectivity index (χ0v) is 12.6. The Morgan fingerprint density at radius 3 is 2.43 bits per heavy atom. The van der Waals surface area contributed by atoms with E-state index in [1.807, 2.05) is 0 Å². The van der Waals surface area contributed by atoms with Crippen LogP contribution in [0.1, 0.15) is 5.56 Å². The minimum atomic E-state index is -0.702. The first-order valence-corrected chi connectivity index (χ1v) is 7.21. The van der Waals surface area contributed by atoms with Gasteiger partial charge >= 0.3 is 11.8 Å². The maximum atomic E-state index is 12.9. The Morgan fingerprint density at radius 2 is 1.78 bits per heavy atom. The van der Waals surface area contributed by atoms with Crippen LogP contribution in [0.2, 0.25) is 0 Å². The van der Waals surface area contributed by atoms with Crippen molar-refractivity contribution in [3.05, 3.63) is 48.3 Å². The van der Waals surface area contributed by atoms with E-state index in [9.17, 15) is 18.8 Å². The Morgan fingerprint density at radius 1 is 1.17 bits per heavy atom. The second kappa shape index (κ2) is 7.53. The molecule has 1 aromatic rings. The van der Waals surface area contributed by atoms with E-state index in [0.717, 1.165) is 5.56 Å². The lowest BCUT2D eigenvalue weighted by molar-refractivity contribution is -0.157. The van der Waals surface area contributed by atoms with Crippen molar-refractivity contribution in [2.75, 3.05) is 26.2 Å². The van der Waals surface area contributed by atoms with E-state index in [0.29, 0.717) is 13.1 Å². The molecule has 1 saturated heterocycles. The van der Waals surface area contributed by atoms with Crippen LogP contribution in [0.3, 0.4) is 0 Å². The van der Waals surface area contributed by atoms with Crippen molar-refractivity contribution in [3.8, 4) is 0 Å². The SMILES string of the molecule is C=CCNC(=O)CN1CCN(Cc2ccc(F)cc2)C(=O)C1=O. The fraction of sp³-hybridized carbons (Fsp3) is 0.312. The number of carbonyl (C=O) groups excluding carboxylic acids is 3. The third kappa shape index (κ3) is 4.38. The molecule has 0 radical (unpaired) electrons. The van der Waals surface area contributed by atoms with Gasteiger partial charge in [-0.3, -0.25) is 14.4 Å². The summed E-state index contributed by atoms with van der Waals surface area (Å²) in [5, 5.41) is 2.56. The molecule has 0 spiro atoms. The fourth-order valence-corrected chi connectivity index (χ4v) is 2.24. The maximum absolute atomic E-state index is 12.9. The predicted octanol–water partition coefficient (Wildman–Crippen LogP) is 0.299. The second-order valence-corrected chi connectivity index (χ2v) is 5.17. The van der Waals surface area contributed by atoms with Crippen molar-refractivity contribution in [3.63, 3.8) is 0 Å². The van der Waals surface area contributed by atoms with Gasteiger partial charge in [0, 0.05) is 26.2 Å². The van der Waals surface area contributed by atoms with Crippen molar-refractivity contribution in [1.82, 2.24) is 15.1 Å². The van der Waals surface area contributed by atoms with E-state index in [1.165, 1.54) is 28.0 Å². The number of halogens is 1. The van der Waals surface area contributed by atoms with Crippen LogP contribution in [0.5, 0.6) is 0 Å². The number of carbonyl (C=O) groups is 3. The van der Waals surface area contributed by atoms with Crippen molar-refractivity contribution < 1.29 is 18.8 Å². The molecular weight excluding hydrogens is 301 g/mol. The molecule has 0 unspecified atom stereocenters. The van der Waals surface area contributed by atoms with Gasteiger partial charge in [0.25, 0.3) is 0 Å². The van der Waals surface area contributed by atoms with Gasteiger partial charge in [-0.1, -0.05) is 18.2 Å². The molecule has 23 heavy (non-hydrogen) atoms. The number of benzene rings is 1. The Balaban J connectivity index is 1.93. The first-order chi connectivity index (χ1) is 11.0. The van der Waals surface area contributed by atoms with E-state index in [1.54, 1.807) is 12.1 Å². The van der Waals surface area contributed by atoms with Crippen molar-refractivity contribution >= 4 is 17.7 Å². The van der Waals surface area contributed by atoms with E-state index in [-0.39, 0.29) is 31.4 Å². The van der Waals surface area contributed by atoms with Gasteiger partial charge in [0.1, 0.15) is 12.4 Å². The molecule has 1 fully saturated rings. The first-order valence-electron chi connectivity index (χ1n) is 7.21. The van der Waals surface area contributed by atoms with Gasteiger partial charge in [-0.05, 0) is 17.7 Å². The molecule has 1 N–H and O–H groups in total. The van der Waals surface area contributed by atoms with Gasteiger partial charge in [0.05, 0.1) is 0 Å². The normalized spacial score (nSPS) is 14.8. The summed E-state index contributed by atoms with van der Waals surface area (Å²) >= 11 is 0. The zero-order chi connectivity index (χ0) is 16.8. The number of hydrogen-bond acceptors (Lipinski definition) is 3. The minimum absolute atomic E-state index is 0.150. The number of amides is 3. The third-order valence-electron chi connectivity index (χ3n) is 3.46. The third-order valence-corrected chi connectivity index (χ3v) is 3.46. The molecular formula is C16H18FN3O3. The molecule has 0 aromatic heterocycles. The van der Waals surface area contributed by atoms with Gasteiger partial charge in [-0.25, -0.2) is 4.39 Å². The number of rotatable bonds is 6. The highest BCUT2D eigenvalue weighted by atomic mass is 19.1. The van der Waals surface area contributed by atoms with Crippen LogP contribution in [-0.2, 0) is 20.9 Å². The average molecular weight is 319 g/mol. The Bertz CT molecular complexity index is 616. The maximum Gasteiger partial charge on any atom is 0.312 e. The predicted molar refractivity (Wildman–Crippen MR) is 81.6 cm³/mol. The van der Waals surface area contributed by atoms with Crippen LogP contribution in [0.4, 0.5) is 4.39 Å². The van der Waals surface area contributed by atoms with Crippen molar-refractivity contribution in [2.24, 2.45) is 0 Å². The summed E-state index contributed by atoms with van der Waals surface area (Å²) in [5.41, 5.74) is 0.740. The lowest BCUT2D eigenvalue weighted by Crippen LogP contribution is -2.55. The second-order valence-electron chi connectivity index (χ2n) is 5.17. The lowest BCUT2D eigenvalue weighted by atomic mass is 10.2. The molecule has 1 heterocycles. The van der Waals surface area contributed by atoms with Crippen LogP contribution >= 0.6 is 0 Å². The summed E-state index contributed by atoms with van der Waals surface area (Å²) in [5.74, 6) is -2.05.